The van der Waals surface area contributed by atoms with E-state index in [9.17, 15) is 9.59 Å². The van der Waals surface area contributed by atoms with Gasteiger partial charge < -0.3 is 20.1 Å². The summed E-state index contributed by atoms with van der Waals surface area (Å²) >= 11 is 0. The molecule has 0 unspecified atom stereocenters. The zero-order chi connectivity index (χ0) is 17.0. The molecule has 1 amide bonds. The molecule has 0 spiro atoms. The Balaban J connectivity index is 2.00. The van der Waals surface area contributed by atoms with Gasteiger partial charge in [0.1, 0.15) is 11.6 Å². The third-order valence-corrected chi connectivity index (χ3v) is 4.31. The minimum Gasteiger partial charge on any atom is -0.468 e. The highest BCUT2D eigenvalue weighted by Gasteiger charge is 2.40. The van der Waals surface area contributed by atoms with Gasteiger partial charge >= 0.3 is 12.1 Å². The van der Waals surface area contributed by atoms with Gasteiger partial charge in [0, 0.05) is 19.1 Å². The molecule has 0 radical (unpaired) electrons. The van der Waals surface area contributed by atoms with Gasteiger partial charge in [-0.3, -0.25) is 9.69 Å². The highest BCUT2D eigenvalue weighted by Crippen LogP contribution is 2.28. The summed E-state index contributed by atoms with van der Waals surface area (Å²) in [6, 6.07) is 0.0544. The van der Waals surface area contributed by atoms with Crippen molar-refractivity contribution in [2.24, 2.45) is 0 Å². The fourth-order valence-electron chi connectivity index (χ4n) is 3.35. The molecule has 7 heteroatoms. The predicted molar refractivity (Wildman–Crippen MR) is 86.2 cm³/mol. The maximum absolute atomic E-state index is 12.0. The number of carbonyl (C=O) groups excluding carboxylic acids is 2. The van der Waals surface area contributed by atoms with E-state index in [0.717, 1.165) is 25.8 Å². The lowest BCUT2D eigenvalue weighted by Crippen LogP contribution is -2.56. The lowest BCUT2D eigenvalue weighted by atomic mass is 10.1. The molecule has 0 bridgehead atoms. The molecular weight excluding hydrogens is 298 g/mol. The normalized spacial score (nSPS) is 29.1. The van der Waals surface area contributed by atoms with E-state index >= 15 is 0 Å². The summed E-state index contributed by atoms with van der Waals surface area (Å²) in [4.78, 5) is 26.2. The Labute approximate surface area is 138 Å². The standard InChI is InChI=1S/C16H29N3O4/c1-16(2,3)23-15(21)18-11-9-17-8-7-12-5-6-13(14(20)22-4)19(12)10-11/h11-13,17H,5-10H2,1-4H3,(H,18,21)/t11-,12+,13-/m0/s1. The zero-order valence-corrected chi connectivity index (χ0v) is 14.6. The van der Waals surface area contributed by atoms with Gasteiger partial charge in [-0.05, 0) is 46.6 Å². The summed E-state index contributed by atoms with van der Waals surface area (Å²) in [5.41, 5.74) is -0.524. The Bertz CT molecular complexity index is 436. The van der Waals surface area contributed by atoms with Crippen LogP contribution in [0.3, 0.4) is 0 Å². The second-order valence-corrected chi connectivity index (χ2v) is 7.30. The number of ether oxygens (including phenoxy) is 2. The van der Waals surface area contributed by atoms with E-state index in [-0.39, 0.29) is 18.1 Å². The molecule has 132 valence electrons. The van der Waals surface area contributed by atoms with Crippen LogP contribution >= 0.6 is 0 Å². The van der Waals surface area contributed by atoms with Gasteiger partial charge in [0.05, 0.1) is 13.2 Å². The van der Waals surface area contributed by atoms with Gasteiger partial charge in [0.15, 0.2) is 0 Å². The number of nitrogens with one attached hydrogen (secondary N) is 2. The minimum absolute atomic E-state index is 0.0992. The van der Waals surface area contributed by atoms with Crippen LogP contribution in [0.2, 0.25) is 0 Å². The molecule has 2 aliphatic heterocycles. The van der Waals surface area contributed by atoms with E-state index < -0.39 is 11.7 Å². The molecule has 23 heavy (non-hydrogen) atoms. The lowest BCUT2D eigenvalue weighted by Gasteiger charge is -2.35. The Morgan fingerprint density at radius 1 is 1.22 bits per heavy atom. The molecular formula is C16H29N3O4. The number of hydrogen-bond donors (Lipinski definition) is 2. The molecule has 0 aromatic heterocycles. The quantitative estimate of drug-likeness (QED) is 0.733. The van der Waals surface area contributed by atoms with Crippen LogP contribution in [-0.2, 0) is 14.3 Å². The molecule has 2 rings (SSSR count). The minimum atomic E-state index is -0.524. The molecule has 7 nitrogen and oxygen atoms in total. The summed E-state index contributed by atoms with van der Waals surface area (Å²) in [7, 11) is 1.43. The average Bonchev–Trinajstić information content (AvgIpc) is 2.79. The second kappa shape index (κ2) is 7.49. The fraction of sp³-hybridized carbons (Fsp3) is 0.875. The van der Waals surface area contributed by atoms with Crippen molar-refractivity contribution in [1.82, 2.24) is 15.5 Å². The van der Waals surface area contributed by atoms with Crippen molar-refractivity contribution in [2.45, 2.75) is 63.8 Å². The van der Waals surface area contributed by atoms with E-state index in [1.165, 1.54) is 7.11 Å². The molecule has 2 fully saturated rings. The van der Waals surface area contributed by atoms with Crippen molar-refractivity contribution < 1.29 is 19.1 Å². The summed E-state index contributed by atoms with van der Waals surface area (Å²) < 4.78 is 10.3. The van der Waals surface area contributed by atoms with E-state index in [0.29, 0.717) is 19.1 Å². The molecule has 0 aliphatic carbocycles. The number of fused-ring (bicyclic) bond motifs is 1. The molecule has 2 heterocycles. The summed E-state index contributed by atoms with van der Waals surface area (Å²) in [6.45, 7) is 7.68. The number of esters is 1. The van der Waals surface area contributed by atoms with Crippen molar-refractivity contribution in [1.29, 1.82) is 0 Å². The van der Waals surface area contributed by atoms with Crippen LogP contribution in [-0.4, -0.2) is 67.4 Å². The maximum Gasteiger partial charge on any atom is 0.407 e. The highest BCUT2D eigenvalue weighted by molar-refractivity contribution is 5.76. The largest absolute Gasteiger partial charge is 0.468 e. The number of hydrogen-bond acceptors (Lipinski definition) is 6. The molecule has 2 aliphatic rings. The Morgan fingerprint density at radius 2 is 1.96 bits per heavy atom. The number of carbonyl (C=O) groups is 2. The first kappa shape index (κ1) is 18.0. The molecule has 0 aromatic rings. The van der Waals surface area contributed by atoms with Crippen LogP contribution < -0.4 is 10.6 Å². The maximum atomic E-state index is 12.0. The lowest BCUT2D eigenvalue weighted by molar-refractivity contribution is -0.146. The first-order chi connectivity index (χ1) is 10.8. The summed E-state index contributed by atoms with van der Waals surface area (Å²) in [5, 5.41) is 6.28. The van der Waals surface area contributed by atoms with Gasteiger partial charge in [0.25, 0.3) is 0 Å². The Kier molecular flexibility index (Phi) is 5.86. The van der Waals surface area contributed by atoms with E-state index in [2.05, 4.69) is 15.5 Å². The monoisotopic (exact) mass is 327 g/mol. The van der Waals surface area contributed by atoms with Crippen molar-refractivity contribution in [3.63, 3.8) is 0 Å². The topological polar surface area (TPSA) is 79.9 Å². The van der Waals surface area contributed by atoms with Crippen LogP contribution in [0.15, 0.2) is 0 Å². The van der Waals surface area contributed by atoms with Crippen LogP contribution in [0.5, 0.6) is 0 Å². The number of nitrogens with zero attached hydrogens (tertiary/aromatic N) is 1. The zero-order valence-electron chi connectivity index (χ0n) is 14.6. The SMILES string of the molecule is COC(=O)[C@@H]1CC[C@@H]2CCNC[C@H](NC(=O)OC(C)(C)C)CN21. The molecule has 2 N–H and O–H groups in total. The van der Waals surface area contributed by atoms with E-state index in [4.69, 9.17) is 9.47 Å². The fourth-order valence-corrected chi connectivity index (χ4v) is 3.35. The third-order valence-electron chi connectivity index (χ3n) is 4.31. The first-order valence-corrected chi connectivity index (χ1v) is 8.34. The number of amides is 1. The van der Waals surface area contributed by atoms with Crippen molar-refractivity contribution in [3.8, 4) is 0 Å². The van der Waals surface area contributed by atoms with Gasteiger partial charge in [-0.2, -0.15) is 0 Å². The Hall–Kier alpha value is -1.34. The van der Waals surface area contributed by atoms with Gasteiger partial charge in [-0.25, -0.2) is 4.79 Å². The average molecular weight is 327 g/mol. The van der Waals surface area contributed by atoms with Gasteiger partial charge in [0.2, 0.25) is 0 Å². The molecule has 3 atom stereocenters. The van der Waals surface area contributed by atoms with E-state index in [1.54, 1.807) is 0 Å². The molecule has 0 aromatic carbocycles. The van der Waals surface area contributed by atoms with Gasteiger partial charge in [-0.1, -0.05) is 0 Å². The molecule has 0 saturated carbocycles. The Morgan fingerprint density at radius 3 is 2.61 bits per heavy atom. The van der Waals surface area contributed by atoms with E-state index in [1.807, 2.05) is 20.8 Å². The summed E-state index contributed by atoms with van der Waals surface area (Å²) in [6.07, 6.45) is 2.39. The number of alkyl carbamates (subject to hydrolysis) is 1. The second-order valence-electron chi connectivity index (χ2n) is 7.30. The van der Waals surface area contributed by atoms with Gasteiger partial charge in [-0.15, -0.1) is 0 Å². The van der Waals surface area contributed by atoms with Crippen LogP contribution in [0.25, 0.3) is 0 Å². The first-order valence-electron chi connectivity index (χ1n) is 8.34. The number of rotatable bonds is 2. The van der Waals surface area contributed by atoms with Crippen molar-refractivity contribution >= 4 is 12.1 Å². The smallest absolute Gasteiger partial charge is 0.407 e. The predicted octanol–water partition coefficient (Wildman–Crippen LogP) is 0.879. The van der Waals surface area contributed by atoms with Crippen molar-refractivity contribution in [2.75, 3.05) is 26.7 Å². The third kappa shape index (κ3) is 5.07. The van der Waals surface area contributed by atoms with Crippen molar-refractivity contribution in [3.05, 3.63) is 0 Å². The highest BCUT2D eigenvalue weighted by atomic mass is 16.6. The van der Waals surface area contributed by atoms with Crippen LogP contribution in [0.1, 0.15) is 40.0 Å². The summed E-state index contributed by atoms with van der Waals surface area (Å²) in [5.74, 6) is -0.183. The van der Waals surface area contributed by atoms with Crippen LogP contribution in [0, 0.1) is 0 Å². The molecule has 2 saturated heterocycles. The number of methoxy groups -OCH3 is 1. The van der Waals surface area contributed by atoms with Crippen LogP contribution in [0.4, 0.5) is 4.79 Å².